The van der Waals surface area contributed by atoms with Crippen molar-refractivity contribution < 1.29 is 40.8 Å². The lowest BCUT2D eigenvalue weighted by atomic mass is 9.80. The maximum Gasteiger partial charge on any atom is 0.402 e. The third kappa shape index (κ3) is 2.37. The van der Waals surface area contributed by atoms with Gasteiger partial charge in [0.15, 0.2) is 6.61 Å². The van der Waals surface area contributed by atoms with E-state index in [2.05, 4.69) is 4.74 Å². The van der Waals surface area contributed by atoms with Crippen molar-refractivity contribution in [3.05, 3.63) is 0 Å². The van der Waals surface area contributed by atoms with Gasteiger partial charge in [0.2, 0.25) is 0 Å². The molecule has 5 atom stereocenters. The van der Waals surface area contributed by atoms with Crippen LogP contribution in [-0.2, 0) is 29.2 Å². The summed E-state index contributed by atoms with van der Waals surface area (Å²) in [6, 6.07) is 0. The van der Waals surface area contributed by atoms with Crippen molar-refractivity contribution in [1.29, 1.82) is 0 Å². The van der Waals surface area contributed by atoms with Crippen LogP contribution in [0.2, 0.25) is 0 Å². The van der Waals surface area contributed by atoms with E-state index >= 15 is 0 Å². The average Bonchev–Trinajstić information content (AvgIpc) is 3.00. The minimum absolute atomic E-state index is 0.0783. The Bertz CT molecular complexity index is 617. The zero-order valence-corrected chi connectivity index (χ0v) is 12.1. The molecule has 0 aromatic carbocycles. The smallest absolute Gasteiger partial charge is 0.402 e. The summed E-state index contributed by atoms with van der Waals surface area (Å²) in [5.41, 5.74) is 0. The molecule has 1 N–H and O–H groups in total. The largest absolute Gasteiger partial charge is 0.462 e. The fraction of sp³-hybridized carbons (Fsp3) is 0.833. The third-order valence-corrected chi connectivity index (χ3v) is 5.71. The molecule has 1 saturated heterocycles. The summed E-state index contributed by atoms with van der Waals surface area (Å²) in [7, 11) is -5.63. The van der Waals surface area contributed by atoms with Crippen LogP contribution in [0, 0.1) is 23.7 Å². The number of rotatable bonds is 5. The Labute approximate surface area is 124 Å². The Morgan fingerprint density at radius 1 is 1.41 bits per heavy atom. The number of fused-ring (bicyclic) bond motifs is 1. The molecule has 0 aromatic rings. The van der Waals surface area contributed by atoms with Gasteiger partial charge in [-0.15, -0.1) is 0 Å². The van der Waals surface area contributed by atoms with Crippen molar-refractivity contribution in [2.75, 3.05) is 6.61 Å². The van der Waals surface area contributed by atoms with Crippen LogP contribution in [0.4, 0.5) is 8.78 Å². The van der Waals surface area contributed by atoms with Gasteiger partial charge in [-0.2, -0.15) is 17.2 Å². The predicted octanol–water partition coefficient (Wildman–Crippen LogP) is 0.598. The van der Waals surface area contributed by atoms with Crippen LogP contribution < -0.4 is 0 Å². The Kier molecular flexibility index (Phi) is 3.44. The molecule has 3 rings (SSSR count). The number of halogens is 2. The van der Waals surface area contributed by atoms with Crippen molar-refractivity contribution in [1.82, 2.24) is 0 Å². The van der Waals surface area contributed by atoms with E-state index in [4.69, 9.17) is 9.29 Å². The molecular formula is C12H14F2O7S. The molecule has 0 radical (unpaired) electrons. The Morgan fingerprint density at radius 2 is 2.09 bits per heavy atom. The lowest BCUT2D eigenvalue weighted by molar-refractivity contribution is -0.154. The van der Waals surface area contributed by atoms with E-state index in [1.54, 1.807) is 0 Å². The van der Waals surface area contributed by atoms with Gasteiger partial charge >= 0.3 is 27.3 Å². The van der Waals surface area contributed by atoms with Crippen molar-refractivity contribution in [3.63, 3.8) is 0 Å². The van der Waals surface area contributed by atoms with Crippen LogP contribution in [0.15, 0.2) is 0 Å². The Balaban J connectivity index is 1.57. The Morgan fingerprint density at radius 3 is 2.73 bits per heavy atom. The molecule has 10 heteroatoms. The molecule has 3 fully saturated rings. The molecule has 22 heavy (non-hydrogen) atoms. The first-order valence-corrected chi connectivity index (χ1v) is 8.25. The van der Waals surface area contributed by atoms with Gasteiger partial charge in [-0.05, 0) is 18.8 Å². The van der Waals surface area contributed by atoms with Gasteiger partial charge in [-0.1, -0.05) is 0 Å². The molecule has 0 spiro atoms. The maximum atomic E-state index is 13.0. The zero-order chi connectivity index (χ0) is 16.3. The molecule has 1 aliphatic heterocycles. The molecule has 5 unspecified atom stereocenters. The fourth-order valence-corrected chi connectivity index (χ4v) is 4.06. The fourth-order valence-electron chi connectivity index (χ4n) is 3.85. The summed E-state index contributed by atoms with van der Waals surface area (Å²) in [6.45, 7) is -1.74. The number of alkyl halides is 2. The SMILES string of the molecule is O=C(CC1C2CC3C(=O)OC1C3C2)OCC(F)(F)S(=O)(=O)O. The second-order valence-electron chi connectivity index (χ2n) is 6.04. The van der Waals surface area contributed by atoms with E-state index in [1.165, 1.54) is 0 Å². The van der Waals surface area contributed by atoms with Gasteiger partial charge in [0.05, 0.1) is 12.3 Å². The second-order valence-corrected chi connectivity index (χ2v) is 7.59. The number of ether oxygens (including phenoxy) is 2. The molecule has 0 aromatic heterocycles. The third-order valence-electron chi connectivity index (χ3n) is 4.83. The zero-order valence-electron chi connectivity index (χ0n) is 11.3. The number of hydrogen-bond donors (Lipinski definition) is 1. The van der Waals surface area contributed by atoms with E-state index in [1.807, 2.05) is 0 Å². The quantitative estimate of drug-likeness (QED) is 0.577. The van der Waals surface area contributed by atoms with Crippen molar-refractivity contribution in [2.24, 2.45) is 23.7 Å². The number of hydrogen-bond acceptors (Lipinski definition) is 6. The highest BCUT2D eigenvalue weighted by Gasteiger charge is 2.61. The number of carbonyl (C=O) groups is 2. The van der Waals surface area contributed by atoms with E-state index < -0.39 is 27.9 Å². The van der Waals surface area contributed by atoms with Crippen LogP contribution in [0.25, 0.3) is 0 Å². The molecule has 2 bridgehead atoms. The van der Waals surface area contributed by atoms with Gasteiger partial charge in [0.25, 0.3) is 0 Å². The number of esters is 2. The van der Waals surface area contributed by atoms with Crippen LogP contribution in [0.1, 0.15) is 19.3 Å². The van der Waals surface area contributed by atoms with Gasteiger partial charge in [-0.25, -0.2) is 0 Å². The first-order chi connectivity index (χ1) is 10.1. The van der Waals surface area contributed by atoms with E-state index in [0.29, 0.717) is 6.42 Å². The van der Waals surface area contributed by atoms with Gasteiger partial charge in [0.1, 0.15) is 6.10 Å². The Hall–Kier alpha value is -1.29. The first-order valence-electron chi connectivity index (χ1n) is 6.81. The van der Waals surface area contributed by atoms with E-state index in [9.17, 15) is 26.8 Å². The molecule has 2 saturated carbocycles. The summed E-state index contributed by atoms with van der Waals surface area (Å²) in [5.74, 6) is -1.48. The summed E-state index contributed by atoms with van der Waals surface area (Å²) >= 11 is 0. The molecule has 2 aliphatic carbocycles. The summed E-state index contributed by atoms with van der Waals surface area (Å²) in [5, 5.41) is -4.54. The van der Waals surface area contributed by atoms with Crippen LogP contribution in [0.3, 0.4) is 0 Å². The first kappa shape index (κ1) is 15.6. The van der Waals surface area contributed by atoms with Crippen LogP contribution in [0.5, 0.6) is 0 Å². The maximum absolute atomic E-state index is 13.0. The molecular weight excluding hydrogens is 326 g/mol. The number of carbonyl (C=O) groups excluding carboxylic acids is 2. The lowest BCUT2D eigenvalue weighted by Crippen LogP contribution is -2.35. The highest BCUT2D eigenvalue weighted by molar-refractivity contribution is 7.86. The molecule has 0 amide bonds. The molecule has 7 nitrogen and oxygen atoms in total. The highest BCUT2D eigenvalue weighted by atomic mass is 32.2. The molecule has 124 valence electrons. The minimum atomic E-state index is -5.63. The standard InChI is InChI=1S/C12H14F2O7S/c13-12(14,22(17,18)19)4-20-9(15)3-6-5-1-7-8(2-5)11(16)21-10(6)7/h5-8,10H,1-4H2,(H,17,18,19). The van der Waals surface area contributed by atoms with Gasteiger partial charge in [-0.3, -0.25) is 14.1 Å². The van der Waals surface area contributed by atoms with Crippen LogP contribution >= 0.6 is 0 Å². The van der Waals surface area contributed by atoms with Crippen molar-refractivity contribution >= 4 is 22.1 Å². The summed E-state index contributed by atoms with van der Waals surface area (Å²) < 4.78 is 64.6. The summed E-state index contributed by atoms with van der Waals surface area (Å²) in [4.78, 5) is 23.2. The van der Waals surface area contributed by atoms with Crippen molar-refractivity contribution in [2.45, 2.75) is 30.6 Å². The van der Waals surface area contributed by atoms with Gasteiger partial charge in [0, 0.05) is 11.8 Å². The second kappa shape index (κ2) is 4.85. The highest BCUT2D eigenvalue weighted by Crippen LogP contribution is 2.58. The predicted molar refractivity (Wildman–Crippen MR) is 65.1 cm³/mol. The minimum Gasteiger partial charge on any atom is -0.462 e. The topological polar surface area (TPSA) is 107 Å². The van der Waals surface area contributed by atoms with E-state index in [0.717, 1.165) is 6.42 Å². The summed E-state index contributed by atoms with van der Waals surface area (Å²) in [6.07, 6.45) is 0.790. The molecule has 1 heterocycles. The normalized spacial score (nSPS) is 36.5. The average molecular weight is 340 g/mol. The van der Waals surface area contributed by atoms with Crippen molar-refractivity contribution in [3.8, 4) is 0 Å². The molecule has 3 aliphatic rings. The van der Waals surface area contributed by atoms with Crippen LogP contribution in [-0.4, -0.2) is 42.9 Å². The van der Waals surface area contributed by atoms with E-state index in [-0.39, 0.29) is 42.2 Å². The van der Waals surface area contributed by atoms with Gasteiger partial charge < -0.3 is 9.47 Å². The lowest BCUT2D eigenvalue weighted by Gasteiger charge is -2.24. The monoisotopic (exact) mass is 340 g/mol.